The van der Waals surface area contributed by atoms with Gasteiger partial charge in [-0.05, 0) is 25.5 Å². The second-order valence-corrected chi connectivity index (χ2v) is 6.42. The molecule has 2 heterocycles. The minimum absolute atomic E-state index is 0.00510. The summed E-state index contributed by atoms with van der Waals surface area (Å²) in [5, 5.41) is 0.0667. The monoisotopic (exact) mass is 270 g/mol. The molecule has 1 aromatic rings. The van der Waals surface area contributed by atoms with Crippen LogP contribution in [0.4, 0.5) is 0 Å². The highest BCUT2D eigenvalue weighted by atomic mass is 31.2. The third-order valence-corrected chi connectivity index (χ3v) is 4.46. The number of benzene rings is 1. The Labute approximate surface area is 105 Å². The Hall–Kier alpha value is -0.710. The number of hydrogen-bond acceptors (Lipinski definition) is 3. The third-order valence-electron chi connectivity index (χ3n) is 3.44. The van der Waals surface area contributed by atoms with E-state index in [1.54, 1.807) is 6.07 Å². The molecule has 2 fully saturated rings. The number of hydrogen-bond donors (Lipinski definition) is 2. The molecule has 0 bridgehead atoms. The van der Waals surface area contributed by atoms with Crippen molar-refractivity contribution in [3.05, 3.63) is 29.3 Å². The van der Waals surface area contributed by atoms with Crippen LogP contribution in [0.1, 0.15) is 37.2 Å². The van der Waals surface area contributed by atoms with Gasteiger partial charge in [-0.15, -0.1) is 0 Å². The quantitative estimate of drug-likeness (QED) is 0.641. The fourth-order valence-electron chi connectivity index (χ4n) is 2.38. The van der Waals surface area contributed by atoms with Crippen LogP contribution in [0.2, 0.25) is 0 Å². The van der Waals surface area contributed by atoms with Crippen molar-refractivity contribution in [2.45, 2.75) is 38.3 Å². The van der Waals surface area contributed by atoms with E-state index in [0.29, 0.717) is 5.56 Å². The van der Waals surface area contributed by atoms with Crippen LogP contribution in [-0.2, 0) is 14.0 Å². The lowest BCUT2D eigenvalue weighted by Crippen LogP contribution is -2.14. The highest BCUT2D eigenvalue weighted by Crippen LogP contribution is 2.49. The lowest BCUT2D eigenvalue weighted by atomic mass is 9.99. The first-order valence-electron chi connectivity index (χ1n) is 5.89. The van der Waals surface area contributed by atoms with Gasteiger partial charge in [-0.3, -0.25) is 4.57 Å². The molecule has 2 N–H and O–H groups in total. The van der Waals surface area contributed by atoms with Crippen molar-refractivity contribution in [3.8, 4) is 0 Å². The molecule has 2 saturated heterocycles. The van der Waals surface area contributed by atoms with E-state index in [1.165, 1.54) is 6.07 Å². The zero-order chi connectivity index (χ0) is 13.1. The van der Waals surface area contributed by atoms with Gasteiger partial charge in [0.05, 0.1) is 17.5 Å². The molecule has 2 aliphatic heterocycles. The summed E-state index contributed by atoms with van der Waals surface area (Å²) in [4.78, 5) is 18.9. The van der Waals surface area contributed by atoms with Crippen LogP contribution >= 0.6 is 7.60 Å². The van der Waals surface area contributed by atoms with Crippen molar-refractivity contribution in [2.75, 3.05) is 0 Å². The van der Waals surface area contributed by atoms with Gasteiger partial charge in [-0.1, -0.05) is 12.1 Å². The third kappa shape index (κ3) is 2.02. The molecule has 0 aliphatic carbocycles. The van der Waals surface area contributed by atoms with E-state index in [4.69, 9.17) is 9.47 Å². The molecule has 18 heavy (non-hydrogen) atoms. The summed E-state index contributed by atoms with van der Waals surface area (Å²) in [6.07, 6.45) is -0.182. The summed E-state index contributed by atoms with van der Waals surface area (Å²) in [6.45, 7) is 3.83. The van der Waals surface area contributed by atoms with Crippen molar-refractivity contribution in [2.24, 2.45) is 0 Å². The standard InChI is InChI=1S/C12H15O5P/c1-6-11(16-6)8-4-3-5-9(18(13,14)15)10(8)12-7(2)17-12/h3-7,11-12H,1-2H3,(H2,13,14,15). The Balaban J connectivity index is 2.12. The predicted molar refractivity (Wildman–Crippen MR) is 64.7 cm³/mol. The Morgan fingerprint density at radius 2 is 1.67 bits per heavy atom. The van der Waals surface area contributed by atoms with E-state index >= 15 is 0 Å². The fraction of sp³-hybridized carbons (Fsp3) is 0.500. The first-order chi connectivity index (χ1) is 8.39. The number of epoxide rings is 2. The molecule has 0 spiro atoms. The highest BCUT2D eigenvalue weighted by molar-refractivity contribution is 7.60. The van der Waals surface area contributed by atoms with E-state index < -0.39 is 7.60 Å². The van der Waals surface area contributed by atoms with Gasteiger partial charge in [-0.2, -0.15) is 0 Å². The zero-order valence-corrected chi connectivity index (χ0v) is 11.0. The first-order valence-corrected chi connectivity index (χ1v) is 7.50. The predicted octanol–water partition coefficient (Wildman–Crippen LogP) is 1.41. The molecule has 4 atom stereocenters. The van der Waals surface area contributed by atoms with Gasteiger partial charge in [-0.25, -0.2) is 0 Å². The molecule has 4 unspecified atom stereocenters. The molecule has 3 rings (SSSR count). The first kappa shape index (κ1) is 12.3. The molecule has 0 radical (unpaired) electrons. The van der Waals surface area contributed by atoms with Crippen molar-refractivity contribution >= 4 is 12.9 Å². The van der Waals surface area contributed by atoms with Gasteiger partial charge in [0.15, 0.2) is 0 Å². The maximum atomic E-state index is 11.6. The Morgan fingerprint density at radius 1 is 1.11 bits per heavy atom. The average Bonchev–Trinajstić information content (AvgIpc) is 3.16. The van der Waals surface area contributed by atoms with Crippen LogP contribution in [0.15, 0.2) is 18.2 Å². The van der Waals surface area contributed by atoms with E-state index in [-0.39, 0.29) is 29.7 Å². The van der Waals surface area contributed by atoms with Crippen molar-refractivity contribution < 1.29 is 23.8 Å². The SMILES string of the molecule is CC1OC1c1cccc(P(=O)(O)O)c1C1OC1C. The van der Waals surface area contributed by atoms with Gasteiger partial charge < -0.3 is 19.3 Å². The smallest absolute Gasteiger partial charge is 0.356 e. The lowest BCUT2D eigenvalue weighted by molar-refractivity contribution is 0.369. The maximum absolute atomic E-state index is 11.6. The van der Waals surface area contributed by atoms with Gasteiger partial charge in [0.2, 0.25) is 0 Å². The zero-order valence-electron chi connectivity index (χ0n) is 10.1. The molecule has 0 aromatic heterocycles. The van der Waals surface area contributed by atoms with E-state index in [2.05, 4.69) is 0 Å². The minimum Gasteiger partial charge on any atom is -0.365 e. The highest BCUT2D eigenvalue weighted by Gasteiger charge is 2.46. The van der Waals surface area contributed by atoms with Crippen LogP contribution < -0.4 is 5.30 Å². The van der Waals surface area contributed by atoms with Crippen molar-refractivity contribution in [1.29, 1.82) is 0 Å². The average molecular weight is 270 g/mol. The summed E-state index contributed by atoms with van der Waals surface area (Å²) in [7, 11) is -4.29. The second kappa shape index (κ2) is 3.89. The number of rotatable bonds is 3. The summed E-state index contributed by atoms with van der Waals surface area (Å²) in [5.74, 6) is 0. The lowest BCUT2D eigenvalue weighted by Gasteiger charge is -2.13. The van der Waals surface area contributed by atoms with Crippen LogP contribution in [0.25, 0.3) is 0 Å². The van der Waals surface area contributed by atoms with Gasteiger partial charge >= 0.3 is 7.60 Å². The normalized spacial score (nSPS) is 34.4. The van der Waals surface area contributed by atoms with Crippen LogP contribution in [0, 0.1) is 0 Å². The molecule has 5 nitrogen and oxygen atoms in total. The topological polar surface area (TPSA) is 82.6 Å². The van der Waals surface area contributed by atoms with Gasteiger partial charge in [0, 0.05) is 5.56 Å². The summed E-state index contributed by atoms with van der Waals surface area (Å²) >= 11 is 0. The van der Waals surface area contributed by atoms with E-state index in [0.717, 1.165) is 5.56 Å². The summed E-state index contributed by atoms with van der Waals surface area (Å²) in [6, 6.07) is 4.99. The Kier molecular flexibility index (Phi) is 2.66. The van der Waals surface area contributed by atoms with Crippen molar-refractivity contribution in [3.63, 3.8) is 0 Å². The van der Waals surface area contributed by atoms with Crippen LogP contribution in [0.3, 0.4) is 0 Å². The van der Waals surface area contributed by atoms with Gasteiger partial charge in [0.1, 0.15) is 12.2 Å². The largest absolute Gasteiger partial charge is 0.365 e. The molecule has 98 valence electrons. The molecular formula is C12H15O5P. The van der Waals surface area contributed by atoms with Crippen LogP contribution in [0.5, 0.6) is 0 Å². The molecule has 2 aliphatic rings. The second-order valence-electron chi connectivity index (χ2n) is 4.85. The molecule has 6 heteroatoms. The van der Waals surface area contributed by atoms with E-state index in [9.17, 15) is 14.4 Å². The molecule has 0 amide bonds. The van der Waals surface area contributed by atoms with Crippen LogP contribution in [-0.4, -0.2) is 22.0 Å². The Bertz CT molecular complexity index is 537. The fourth-order valence-corrected chi connectivity index (χ4v) is 3.23. The summed E-state index contributed by atoms with van der Waals surface area (Å²) < 4.78 is 22.4. The van der Waals surface area contributed by atoms with E-state index in [1.807, 2.05) is 19.9 Å². The summed E-state index contributed by atoms with van der Waals surface area (Å²) in [5.41, 5.74) is 1.46. The number of ether oxygens (including phenoxy) is 2. The minimum atomic E-state index is -4.29. The molecule has 0 saturated carbocycles. The van der Waals surface area contributed by atoms with Gasteiger partial charge in [0.25, 0.3) is 0 Å². The maximum Gasteiger partial charge on any atom is 0.356 e. The van der Waals surface area contributed by atoms with Crippen molar-refractivity contribution in [1.82, 2.24) is 0 Å². The molecule has 1 aromatic carbocycles. The molecular weight excluding hydrogens is 255 g/mol. The Morgan fingerprint density at radius 3 is 2.11 bits per heavy atom.